The topological polar surface area (TPSA) is 108 Å². The van der Waals surface area contributed by atoms with Gasteiger partial charge in [-0.2, -0.15) is 0 Å². The molecule has 0 unspecified atom stereocenters. The summed E-state index contributed by atoms with van der Waals surface area (Å²) in [5.74, 6) is 2.91. The van der Waals surface area contributed by atoms with Crippen molar-refractivity contribution >= 4 is 22.1 Å². The van der Waals surface area contributed by atoms with Crippen LogP contribution < -0.4 is 14.2 Å². The van der Waals surface area contributed by atoms with Crippen molar-refractivity contribution in [3.63, 3.8) is 0 Å². The number of furan rings is 1. The second-order valence-electron chi connectivity index (χ2n) is 8.26. The third-order valence-corrected chi connectivity index (χ3v) is 6.13. The maximum atomic E-state index is 6.34. The molecule has 0 amide bonds. The highest BCUT2D eigenvalue weighted by atomic mass is 16.5. The SMILES string of the molecule is COc1cc(-c2cc3nccc(-c4ccc5nc(-c6nocc6C)[nH]c5c4)c3o2)cc(OC)c1OC. The Labute approximate surface area is 205 Å². The van der Waals surface area contributed by atoms with E-state index < -0.39 is 0 Å². The van der Waals surface area contributed by atoms with E-state index in [-0.39, 0.29) is 0 Å². The van der Waals surface area contributed by atoms with Crippen molar-refractivity contribution in [2.24, 2.45) is 0 Å². The monoisotopic (exact) mass is 482 g/mol. The summed E-state index contributed by atoms with van der Waals surface area (Å²) < 4.78 is 27.9. The molecule has 0 saturated carbocycles. The first kappa shape index (κ1) is 21.7. The number of hydrogen-bond acceptors (Lipinski definition) is 8. The molecule has 0 spiro atoms. The van der Waals surface area contributed by atoms with Gasteiger partial charge in [-0.1, -0.05) is 11.2 Å². The number of ether oxygens (including phenoxy) is 3. The standard InChI is InChI=1S/C27H22N4O5/c1-14-13-35-31-24(14)27-29-18-6-5-15(9-19(18)30-27)17-7-8-28-20-12-21(36-25(17)20)16-10-22(32-2)26(34-4)23(11-16)33-3/h5-13H,1-4H3,(H,29,30). The Kier molecular flexibility index (Phi) is 5.10. The Morgan fingerprint density at radius 3 is 2.36 bits per heavy atom. The Bertz CT molecular complexity index is 1700. The Hall–Kier alpha value is -4.79. The van der Waals surface area contributed by atoms with Crippen molar-refractivity contribution in [2.45, 2.75) is 6.92 Å². The highest BCUT2D eigenvalue weighted by molar-refractivity contribution is 5.95. The van der Waals surface area contributed by atoms with Gasteiger partial charge in [0.05, 0.1) is 32.4 Å². The fourth-order valence-electron chi connectivity index (χ4n) is 4.34. The fourth-order valence-corrected chi connectivity index (χ4v) is 4.34. The number of imidazole rings is 1. The van der Waals surface area contributed by atoms with Crippen LogP contribution in [0, 0.1) is 6.92 Å². The molecule has 0 fully saturated rings. The molecule has 6 aromatic rings. The van der Waals surface area contributed by atoms with Gasteiger partial charge in [-0.15, -0.1) is 0 Å². The molecule has 9 heteroatoms. The number of fused-ring (bicyclic) bond motifs is 2. The van der Waals surface area contributed by atoms with Crippen molar-refractivity contribution in [1.82, 2.24) is 20.1 Å². The van der Waals surface area contributed by atoms with Crippen LogP contribution in [0.1, 0.15) is 5.56 Å². The van der Waals surface area contributed by atoms with Crippen LogP contribution in [0.15, 0.2) is 63.9 Å². The van der Waals surface area contributed by atoms with E-state index in [9.17, 15) is 0 Å². The van der Waals surface area contributed by atoms with Crippen LogP contribution in [0.4, 0.5) is 0 Å². The largest absolute Gasteiger partial charge is 0.493 e. The number of pyridine rings is 1. The summed E-state index contributed by atoms with van der Waals surface area (Å²) in [4.78, 5) is 12.5. The molecule has 0 aliphatic heterocycles. The Morgan fingerprint density at radius 1 is 0.861 bits per heavy atom. The van der Waals surface area contributed by atoms with Gasteiger partial charge in [0.25, 0.3) is 0 Å². The van der Waals surface area contributed by atoms with Crippen molar-refractivity contribution in [3.05, 3.63) is 60.5 Å². The van der Waals surface area contributed by atoms with Gasteiger partial charge in [0, 0.05) is 29.0 Å². The number of H-pyrrole nitrogens is 1. The van der Waals surface area contributed by atoms with Gasteiger partial charge < -0.3 is 28.1 Å². The smallest absolute Gasteiger partial charge is 0.203 e. The second-order valence-corrected chi connectivity index (χ2v) is 8.26. The summed E-state index contributed by atoms with van der Waals surface area (Å²) in [6.45, 7) is 1.93. The lowest BCUT2D eigenvalue weighted by Gasteiger charge is -2.13. The van der Waals surface area contributed by atoms with Gasteiger partial charge in [0.15, 0.2) is 28.6 Å². The van der Waals surface area contributed by atoms with E-state index in [4.69, 9.17) is 23.2 Å². The average Bonchev–Trinajstić information content (AvgIpc) is 3.64. The number of nitrogens with zero attached hydrogens (tertiary/aromatic N) is 3. The van der Waals surface area contributed by atoms with Crippen LogP contribution >= 0.6 is 0 Å². The summed E-state index contributed by atoms with van der Waals surface area (Å²) >= 11 is 0. The van der Waals surface area contributed by atoms with Crippen LogP contribution in [0.2, 0.25) is 0 Å². The summed E-state index contributed by atoms with van der Waals surface area (Å²) in [6.07, 6.45) is 3.37. The first-order chi connectivity index (χ1) is 17.6. The lowest BCUT2D eigenvalue weighted by atomic mass is 10.1. The first-order valence-electron chi connectivity index (χ1n) is 11.2. The maximum Gasteiger partial charge on any atom is 0.203 e. The number of benzene rings is 2. The molecular weight excluding hydrogens is 460 g/mol. The lowest BCUT2D eigenvalue weighted by Crippen LogP contribution is -1.95. The van der Waals surface area contributed by atoms with Crippen LogP contribution in [0.5, 0.6) is 17.2 Å². The minimum absolute atomic E-state index is 0.520. The fraction of sp³-hybridized carbons (Fsp3) is 0.148. The van der Waals surface area contributed by atoms with E-state index in [1.807, 2.05) is 49.4 Å². The molecule has 2 aromatic carbocycles. The van der Waals surface area contributed by atoms with Crippen LogP contribution in [-0.4, -0.2) is 41.4 Å². The first-order valence-corrected chi connectivity index (χ1v) is 11.2. The molecule has 9 nitrogen and oxygen atoms in total. The van der Waals surface area contributed by atoms with Crippen molar-refractivity contribution < 1.29 is 23.2 Å². The molecule has 6 rings (SSSR count). The van der Waals surface area contributed by atoms with Crippen molar-refractivity contribution in [3.8, 4) is 51.2 Å². The molecule has 0 saturated heterocycles. The highest BCUT2D eigenvalue weighted by Gasteiger charge is 2.19. The molecule has 180 valence electrons. The molecule has 0 bridgehead atoms. The third kappa shape index (κ3) is 3.44. The number of aryl methyl sites for hydroxylation is 1. The van der Waals surface area contributed by atoms with Gasteiger partial charge in [-0.3, -0.25) is 4.98 Å². The van der Waals surface area contributed by atoms with E-state index in [0.717, 1.165) is 38.8 Å². The molecule has 0 aliphatic rings. The molecule has 4 heterocycles. The summed E-state index contributed by atoms with van der Waals surface area (Å²) in [6, 6.07) is 13.6. The lowest BCUT2D eigenvalue weighted by molar-refractivity contribution is 0.324. The third-order valence-electron chi connectivity index (χ3n) is 6.13. The van der Waals surface area contributed by atoms with Gasteiger partial charge in [-0.25, -0.2) is 4.98 Å². The van der Waals surface area contributed by atoms with Gasteiger partial charge in [-0.05, 0) is 42.8 Å². The zero-order valence-electron chi connectivity index (χ0n) is 20.1. The Morgan fingerprint density at radius 2 is 1.67 bits per heavy atom. The maximum absolute atomic E-state index is 6.34. The molecule has 0 atom stereocenters. The number of nitrogens with one attached hydrogen (secondary N) is 1. The molecule has 36 heavy (non-hydrogen) atoms. The van der Waals surface area contributed by atoms with Crippen molar-refractivity contribution in [1.29, 1.82) is 0 Å². The number of rotatable bonds is 6. The van der Waals surface area contributed by atoms with E-state index in [0.29, 0.717) is 40.1 Å². The van der Waals surface area contributed by atoms with Crippen molar-refractivity contribution in [2.75, 3.05) is 21.3 Å². The highest BCUT2D eigenvalue weighted by Crippen LogP contribution is 2.43. The molecule has 4 aromatic heterocycles. The number of hydrogen-bond donors (Lipinski definition) is 1. The zero-order valence-corrected chi connectivity index (χ0v) is 20.1. The van der Waals surface area contributed by atoms with E-state index in [2.05, 4.69) is 20.1 Å². The number of methoxy groups -OCH3 is 3. The predicted molar refractivity (Wildman–Crippen MR) is 134 cm³/mol. The molecule has 0 radical (unpaired) electrons. The van der Waals surface area contributed by atoms with Crippen LogP contribution in [-0.2, 0) is 0 Å². The number of aromatic amines is 1. The van der Waals surface area contributed by atoms with Crippen LogP contribution in [0.3, 0.4) is 0 Å². The van der Waals surface area contributed by atoms with E-state index >= 15 is 0 Å². The van der Waals surface area contributed by atoms with Gasteiger partial charge >= 0.3 is 0 Å². The Balaban J connectivity index is 1.45. The minimum atomic E-state index is 0.520. The number of aromatic nitrogens is 4. The van der Waals surface area contributed by atoms with Gasteiger partial charge in [0.1, 0.15) is 17.5 Å². The normalized spacial score (nSPS) is 11.3. The second kappa shape index (κ2) is 8.46. The summed E-state index contributed by atoms with van der Waals surface area (Å²) in [5.41, 5.74) is 7.39. The molecular formula is C27H22N4O5. The predicted octanol–water partition coefficient (Wildman–Crippen LogP) is 6.03. The molecule has 1 N–H and O–H groups in total. The van der Waals surface area contributed by atoms with E-state index in [1.54, 1.807) is 33.8 Å². The van der Waals surface area contributed by atoms with E-state index in [1.165, 1.54) is 0 Å². The quantitative estimate of drug-likeness (QED) is 0.307. The molecule has 0 aliphatic carbocycles. The average molecular weight is 482 g/mol. The summed E-state index contributed by atoms with van der Waals surface area (Å²) in [5, 5.41) is 4.05. The van der Waals surface area contributed by atoms with Gasteiger partial charge in [0.2, 0.25) is 5.75 Å². The van der Waals surface area contributed by atoms with Crippen LogP contribution in [0.25, 0.3) is 56.1 Å². The summed E-state index contributed by atoms with van der Waals surface area (Å²) in [7, 11) is 4.74. The minimum Gasteiger partial charge on any atom is -0.493 e. The zero-order chi connectivity index (χ0) is 24.8.